The number of ketones is 1. The van der Waals surface area contributed by atoms with Gasteiger partial charge in [-0.2, -0.15) is 0 Å². The van der Waals surface area contributed by atoms with Crippen LogP contribution >= 0.6 is 11.6 Å². The Bertz CT molecular complexity index is 742. The van der Waals surface area contributed by atoms with Crippen LogP contribution in [0.15, 0.2) is 41.2 Å². The number of furan rings is 1. The maximum Gasteiger partial charge on any atom is 0.246 e. The molecule has 0 aliphatic heterocycles. The van der Waals surface area contributed by atoms with E-state index < -0.39 is 0 Å². The van der Waals surface area contributed by atoms with Gasteiger partial charge in [0, 0.05) is 12.4 Å². The summed E-state index contributed by atoms with van der Waals surface area (Å²) in [5.74, 6) is 0.0592. The molecule has 2 heterocycles. The summed E-state index contributed by atoms with van der Waals surface area (Å²) in [7, 11) is 1.76. The van der Waals surface area contributed by atoms with Crippen molar-refractivity contribution in [3.05, 3.63) is 53.3 Å². The molecule has 4 nitrogen and oxygen atoms in total. The van der Waals surface area contributed by atoms with Crippen LogP contribution < -0.4 is 0 Å². The maximum absolute atomic E-state index is 12.2. The van der Waals surface area contributed by atoms with Gasteiger partial charge >= 0.3 is 0 Å². The molecule has 0 saturated heterocycles. The van der Waals surface area contributed by atoms with Crippen LogP contribution in [0.25, 0.3) is 11.0 Å². The van der Waals surface area contributed by atoms with Crippen LogP contribution in [0.5, 0.6) is 0 Å². The van der Waals surface area contributed by atoms with Crippen LogP contribution in [0.1, 0.15) is 16.2 Å². The molecule has 0 N–H and O–H groups in total. The zero-order chi connectivity index (χ0) is 12.7. The first-order chi connectivity index (χ1) is 8.66. The largest absolute Gasteiger partial charge is 0.451 e. The van der Waals surface area contributed by atoms with Crippen LogP contribution in [-0.4, -0.2) is 15.3 Å². The molecule has 0 aliphatic carbocycles. The highest BCUT2D eigenvalue weighted by Crippen LogP contribution is 2.27. The number of benzene rings is 1. The van der Waals surface area contributed by atoms with Gasteiger partial charge in [0.15, 0.2) is 11.3 Å². The summed E-state index contributed by atoms with van der Waals surface area (Å²) in [6.45, 7) is 0. The first kappa shape index (κ1) is 11.0. The fraction of sp³-hybridized carbons (Fsp3) is 0.0769. The molecular weight excluding hydrogens is 252 g/mol. The van der Waals surface area contributed by atoms with Crippen LogP contribution in [0, 0.1) is 0 Å². The molecule has 5 heteroatoms. The van der Waals surface area contributed by atoms with Crippen molar-refractivity contribution in [1.29, 1.82) is 0 Å². The van der Waals surface area contributed by atoms with E-state index in [0.29, 0.717) is 16.3 Å². The van der Waals surface area contributed by atoms with Crippen molar-refractivity contribution in [3.8, 4) is 0 Å². The third kappa shape index (κ3) is 1.62. The lowest BCUT2D eigenvalue weighted by atomic mass is 10.2. The number of rotatable bonds is 2. The maximum atomic E-state index is 12.2. The summed E-state index contributed by atoms with van der Waals surface area (Å²) < 4.78 is 7.17. The Morgan fingerprint density at radius 2 is 2.28 bits per heavy atom. The molecule has 0 aliphatic rings. The van der Waals surface area contributed by atoms with Gasteiger partial charge in [0.1, 0.15) is 5.69 Å². The number of carbonyl (C=O) groups is 1. The minimum absolute atomic E-state index is 0.206. The van der Waals surface area contributed by atoms with E-state index in [1.807, 2.05) is 12.1 Å². The number of para-hydroxylation sites is 1. The monoisotopic (exact) mass is 260 g/mol. The topological polar surface area (TPSA) is 48.0 Å². The molecule has 0 atom stereocenters. The Balaban J connectivity index is 2.13. The molecule has 0 unspecified atom stereocenters. The summed E-state index contributed by atoms with van der Waals surface area (Å²) in [4.78, 5) is 16.1. The smallest absolute Gasteiger partial charge is 0.246 e. The lowest BCUT2D eigenvalue weighted by molar-refractivity contribution is 0.100. The van der Waals surface area contributed by atoms with Crippen molar-refractivity contribution < 1.29 is 9.21 Å². The first-order valence-electron chi connectivity index (χ1n) is 5.36. The van der Waals surface area contributed by atoms with Crippen LogP contribution in [-0.2, 0) is 7.05 Å². The second-order valence-corrected chi connectivity index (χ2v) is 4.39. The van der Waals surface area contributed by atoms with Gasteiger partial charge in [-0.1, -0.05) is 23.7 Å². The molecule has 3 rings (SSSR count). The summed E-state index contributed by atoms with van der Waals surface area (Å²) >= 11 is 6.01. The molecular formula is C13H9ClN2O2. The highest BCUT2D eigenvalue weighted by atomic mass is 35.5. The van der Waals surface area contributed by atoms with Crippen molar-refractivity contribution >= 4 is 28.4 Å². The van der Waals surface area contributed by atoms with E-state index in [1.165, 1.54) is 6.20 Å². The van der Waals surface area contributed by atoms with Crippen molar-refractivity contribution in [2.75, 3.05) is 0 Å². The van der Waals surface area contributed by atoms with E-state index in [4.69, 9.17) is 16.0 Å². The zero-order valence-electron chi connectivity index (χ0n) is 9.55. The van der Waals surface area contributed by atoms with Gasteiger partial charge in [-0.05, 0) is 12.1 Å². The van der Waals surface area contributed by atoms with Crippen molar-refractivity contribution in [2.45, 2.75) is 0 Å². The molecule has 0 amide bonds. The summed E-state index contributed by atoms with van der Waals surface area (Å²) in [6, 6.07) is 7.09. The minimum atomic E-state index is -0.206. The number of halogens is 1. The molecule has 2 aromatic heterocycles. The van der Waals surface area contributed by atoms with Gasteiger partial charge in [0.05, 0.1) is 17.5 Å². The highest BCUT2D eigenvalue weighted by Gasteiger charge is 2.18. The molecule has 0 saturated carbocycles. The zero-order valence-corrected chi connectivity index (χ0v) is 10.3. The summed E-state index contributed by atoms with van der Waals surface area (Å²) in [5.41, 5.74) is 1.01. The average molecular weight is 261 g/mol. The fourth-order valence-corrected chi connectivity index (χ4v) is 2.06. The van der Waals surface area contributed by atoms with Crippen molar-refractivity contribution in [1.82, 2.24) is 9.55 Å². The van der Waals surface area contributed by atoms with Crippen molar-refractivity contribution in [2.24, 2.45) is 7.05 Å². The second kappa shape index (κ2) is 3.99. The lowest BCUT2D eigenvalue weighted by Gasteiger charge is -1.97. The molecule has 0 fully saturated rings. The van der Waals surface area contributed by atoms with E-state index in [9.17, 15) is 4.79 Å². The predicted molar refractivity (Wildman–Crippen MR) is 67.9 cm³/mol. The van der Waals surface area contributed by atoms with E-state index in [1.54, 1.807) is 30.1 Å². The normalized spacial score (nSPS) is 11.0. The van der Waals surface area contributed by atoms with Crippen LogP contribution in [0.2, 0.25) is 5.02 Å². The number of carbonyl (C=O) groups excluding carboxylic acids is 1. The van der Waals surface area contributed by atoms with Gasteiger partial charge in [0.25, 0.3) is 0 Å². The molecule has 90 valence electrons. The van der Waals surface area contributed by atoms with E-state index >= 15 is 0 Å². The SMILES string of the molecule is Cn1cncc1C(=O)c1cc2cccc(Cl)c2o1. The first-order valence-corrected chi connectivity index (χ1v) is 5.73. The number of imidazole rings is 1. The Morgan fingerprint density at radius 1 is 1.44 bits per heavy atom. The molecule has 0 bridgehead atoms. The van der Waals surface area contributed by atoms with Crippen LogP contribution in [0.4, 0.5) is 0 Å². The predicted octanol–water partition coefficient (Wildman–Crippen LogP) is 3.05. The third-order valence-electron chi connectivity index (χ3n) is 2.77. The Morgan fingerprint density at radius 3 is 2.94 bits per heavy atom. The van der Waals surface area contributed by atoms with Crippen LogP contribution in [0.3, 0.4) is 0 Å². The van der Waals surface area contributed by atoms with Gasteiger partial charge in [-0.15, -0.1) is 0 Å². The number of aryl methyl sites for hydroxylation is 1. The van der Waals surface area contributed by atoms with E-state index in [0.717, 1.165) is 5.39 Å². The van der Waals surface area contributed by atoms with Gasteiger partial charge in [-0.3, -0.25) is 4.79 Å². The van der Waals surface area contributed by atoms with Gasteiger partial charge < -0.3 is 8.98 Å². The highest BCUT2D eigenvalue weighted by molar-refractivity contribution is 6.35. The fourth-order valence-electron chi connectivity index (χ4n) is 1.84. The average Bonchev–Trinajstić information content (AvgIpc) is 2.95. The Labute approximate surface area is 108 Å². The van der Waals surface area contributed by atoms with E-state index in [-0.39, 0.29) is 11.5 Å². The number of nitrogens with zero attached hydrogens (tertiary/aromatic N) is 2. The molecule has 1 aromatic carbocycles. The lowest BCUT2D eigenvalue weighted by Crippen LogP contribution is -2.05. The molecule has 0 spiro atoms. The van der Waals surface area contributed by atoms with Crippen molar-refractivity contribution in [3.63, 3.8) is 0 Å². The molecule has 3 aromatic rings. The standard InChI is InChI=1S/C13H9ClN2O2/c1-16-7-15-6-10(16)12(17)11-5-8-3-2-4-9(14)13(8)18-11/h2-7H,1H3. The Kier molecular flexibility index (Phi) is 2.45. The number of fused-ring (bicyclic) bond motifs is 1. The van der Waals surface area contributed by atoms with E-state index in [2.05, 4.69) is 4.98 Å². The third-order valence-corrected chi connectivity index (χ3v) is 3.07. The number of aromatic nitrogens is 2. The Hall–Kier alpha value is -2.07. The summed E-state index contributed by atoms with van der Waals surface area (Å²) in [6.07, 6.45) is 3.08. The molecule has 18 heavy (non-hydrogen) atoms. The minimum Gasteiger partial charge on any atom is -0.451 e. The second-order valence-electron chi connectivity index (χ2n) is 3.99. The number of hydrogen-bond acceptors (Lipinski definition) is 3. The quantitative estimate of drug-likeness (QED) is 0.666. The van der Waals surface area contributed by atoms with Gasteiger partial charge in [-0.25, -0.2) is 4.98 Å². The van der Waals surface area contributed by atoms with Gasteiger partial charge in [0.2, 0.25) is 5.78 Å². The summed E-state index contributed by atoms with van der Waals surface area (Å²) in [5, 5.41) is 1.31. The molecule has 0 radical (unpaired) electrons. The number of hydrogen-bond donors (Lipinski definition) is 0.